The summed E-state index contributed by atoms with van der Waals surface area (Å²) in [4.78, 5) is 19.3. The molecule has 2 aliphatic rings. The Morgan fingerprint density at radius 2 is 2.03 bits per heavy atom. The second kappa shape index (κ2) is 10.6. The molecule has 2 aromatic heterocycles. The largest absolute Gasteiger partial charge is 0.494 e. The summed E-state index contributed by atoms with van der Waals surface area (Å²) in [5.74, 6) is 6.36. The molecule has 36 heavy (non-hydrogen) atoms. The average molecular weight is 512 g/mol. The summed E-state index contributed by atoms with van der Waals surface area (Å²) in [5.41, 5.74) is 1.50. The van der Waals surface area contributed by atoms with E-state index in [2.05, 4.69) is 37.2 Å². The van der Waals surface area contributed by atoms with Crippen LogP contribution in [0.25, 0.3) is 11.1 Å². The van der Waals surface area contributed by atoms with Gasteiger partial charge in [0.15, 0.2) is 5.01 Å². The van der Waals surface area contributed by atoms with Crippen LogP contribution in [0.5, 0.6) is 5.75 Å². The molecule has 8 nitrogen and oxygen atoms in total. The zero-order valence-electron chi connectivity index (χ0n) is 19.5. The monoisotopic (exact) mass is 511 g/mol. The smallest absolute Gasteiger partial charge is 0.280 e. The van der Waals surface area contributed by atoms with Crippen LogP contribution in [0, 0.1) is 17.8 Å². The normalized spacial score (nSPS) is 15.4. The van der Waals surface area contributed by atoms with E-state index in [-0.39, 0.29) is 11.3 Å². The van der Waals surface area contributed by atoms with Gasteiger partial charge in [0.1, 0.15) is 11.4 Å². The van der Waals surface area contributed by atoms with Gasteiger partial charge in [-0.05, 0) is 43.0 Å². The molecule has 1 saturated carbocycles. The molecule has 1 saturated heterocycles. The number of halogens is 2. The van der Waals surface area contributed by atoms with Crippen LogP contribution in [0.1, 0.15) is 40.3 Å². The van der Waals surface area contributed by atoms with Gasteiger partial charge in [0.05, 0.1) is 26.5 Å². The van der Waals surface area contributed by atoms with E-state index in [4.69, 9.17) is 9.47 Å². The lowest BCUT2D eigenvalue weighted by molar-refractivity contribution is 0.102. The fourth-order valence-electron chi connectivity index (χ4n) is 3.80. The summed E-state index contributed by atoms with van der Waals surface area (Å²) >= 11 is 1.18. The van der Waals surface area contributed by atoms with E-state index in [0.29, 0.717) is 53.5 Å². The Morgan fingerprint density at radius 1 is 1.22 bits per heavy atom. The lowest BCUT2D eigenvalue weighted by Gasteiger charge is -2.29. The van der Waals surface area contributed by atoms with Crippen LogP contribution in [-0.4, -0.2) is 54.5 Å². The van der Waals surface area contributed by atoms with Gasteiger partial charge in [-0.1, -0.05) is 17.3 Å². The number of amides is 1. The topological polar surface area (TPSA) is 89.5 Å². The number of carbonyl (C=O) groups is 1. The summed E-state index contributed by atoms with van der Waals surface area (Å²) in [6, 6.07) is 6.57. The first-order chi connectivity index (χ1) is 17.5. The summed E-state index contributed by atoms with van der Waals surface area (Å²) in [6.07, 6.45) is 0.676. The van der Waals surface area contributed by atoms with E-state index in [1.165, 1.54) is 30.7 Å². The van der Waals surface area contributed by atoms with Gasteiger partial charge < -0.3 is 14.4 Å². The van der Waals surface area contributed by atoms with Crippen molar-refractivity contribution in [1.29, 1.82) is 0 Å². The van der Waals surface area contributed by atoms with E-state index in [9.17, 15) is 13.6 Å². The van der Waals surface area contributed by atoms with Crippen LogP contribution < -0.4 is 15.0 Å². The molecule has 1 aliphatic heterocycles. The second-order valence-corrected chi connectivity index (χ2v) is 9.33. The van der Waals surface area contributed by atoms with Crippen LogP contribution in [-0.2, 0) is 4.74 Å². The molecular formula is C25H23F2N5O3S. The predicted octanol–water partition coefficient (Wildman–Crippen LogP) is 4.40. The molecule has 186 valence electrons. The minimum atomic E-state index is -2.77. The maximum atomic E-state index is 13.5. The maximum absolute atomic E-state index is 13.5. The Hall–Kier alpha value is -3.62. The minimum absolute atomic E-state index is 0.276. The molecule has 5 rings (SSSR count). The number of nitrogens with one attached hydrogen (secondary N) is 1. The highest BCUT2D eigenvalue weighted by Crippen LogP contribution is 2.37. The molecule has 1 N–H and O–H groups in total. The van der Waals surface area contributed by atoms with Crippen LogP contribution >= 0.6 is 11.3 Å². The molecule has 1 amide bonds. The lowest BCUT2D eigenvalue weighted by Crippen LogP contribution is -2.36. The maximum Gasteiger partial charge on any atom is 0.280 e. The third kappa shape index (κ3) is 5.45. The number of hydrogen-bond acceptors (Lipinski definition) is 8. The molecule has 2 fully saturated rings. The van der Waals surface area contributed by atoms with Gasteiger partial charge >= 0.3 is 0 Å². The molecular weight excluding hydrogens is 488 g/mol. The zero-order chi connectivity index (χ0) is 25.1. The first-order valence-corrected chi connectivity index (χ1v) is 12.3. The average Bonchev–Trinajstić information content (AvgIpc) is 3.64. The van der Waals surface area contributed by atoms with Crippen LogP contribution in [0.4, 0.5) is 19.6 Å². The van der Waals surface area contributed by atoms with Gasteiger partial charge in [0.2, 0.25) is 5.13 Å². The third-order valence-electron chi connectivity index (χ3n) is 5.85. The first kappa shape index (κ1) is 24.1. The Morgan fingerprint density at radius 3 is 2.75 bits per heavy atom. The van der Waals surface area contributed by atoms with Crippen molar-refractivity contribution in [2.75, 3.05) is 43.6 Å². The third-order valence-corrected chi connectivity index (χ3v) is 6.61. The zero-order valence-corrected chi connectivity index (χ0v) is 20.3. The molecule has 0 radical (unpaired) electrons. The molecule has 1 aliphatic carbocycles. The molecule has 0 atom stereocenters. The van der Waals surface area contributed by atoms with Gasteiger partial charge in [-0.2, -0.15) is 0 Å². The quantitative estimate of drug-likeness (QED) is 0.491. The van der Waals surface area contributed by atoms with Crippen molar-refractivity contribution in [3.8, 4) is 28.7 Å². The Kier molecular flexibility index (Phi) is 7.06. The van der Waals surface area contributed by atoms with Gasteiger partial charge in [0.25, 0.3) is 12.3 Å². The highest BCUT2D eigenvalue weighted by Gasteiger charge is 2.23. The predicted molar refractivity (Wildman–Crippen MR) is 132 cm³/mol. The van der Waals surface area contributed by atoms with E-state index in [1.54, 1.807) is 12.1 Å². The van der Waals surface area contributed by atoms with E-state index >= 15 is 0 Å². The molecule has 0 spiro atoms. The standard InChI is InChI=1S/C25H23F2N5O3S/c1-34-21-14-28-20(23(26)27)13-19(21)18-12-16(32-8-10-35-11-9-32)5-6-17(18)24(33)29-25-31-30-22(36-25)7-4-15-2-3-15/h5-6,12-15,23H,2-3,8-11H2,1H3,(H,29,31,33). The Bertz CT molecular complexity index is 1330. The fraction of sp³-hybridized carbons (Fsp3) is 0.360. The summed E-state index contributed by atoms with van der Waals surface area (Å²) < 4.78 is 37.9. The number of pyridine rings is 1. The van der Waals surface area contributed by atoms with Crippen LogP contribution in [0.2, 0.25) is 0 Å². The summed E-state index contributed by atoms with van der Waals surface area (Å²) in [7, 11) is 1.43. The number of anilines is 2. The van der Waals surface area contributed by atoms with E-state index in [0.717, 1.165) is 18.5 Å². The van der Waals surface area contributed by atoms with Crippen molar-refractivity contribution < 1.29 is 23.0 Å². The van der Waals surface area contributed by atoms with Crippen molar-refractivity contribution >= 4 is 28.1 Å². The van der Waals surface area contributed by atoms with Gasteiger partial charge in [0, 0.05) is 41.4 Å². The highest BCUT2D eigenvalue weighted by atomic mass is 32.1. The molecule has 0 unspecified atom stereocenters. The number of alkyl halides is 2. The number of nitrogens with zero attached hydrogens (tertiary/aromatic N) is 4. The Balaban J connectivity index is 1.51. The highest BCUT2D eigenvalue weighted by molar-refractivity contribution is 7.15. The lowest BCUT2D eigenvalue weighted by atomic mass is 9.97. The first-order valence-electron chi connectivity index (χ1n) is 11.5. The van der Waals surface area contributed by atoms with E-state index in [1.807, 2.05) is 6.07 Å². The van der Waals surface area contributed by atoms with Crippen molar-refractivity contribution in [2.45, 2.75) is 19.3 Å². The molecule has 1 aromatic carbocycles. The number of benzene rings is 1. The van der Waals surface area contributed by atoms with Gasteiger partial charge in [-0.3, -0.25) is 15.1 Å². The molecule has 3 heterocycles. The number of carbonyl (C=O) groups excluding carboxylic acids is 1. The number of aromatic nitrogens is 3. The van der Waals surface area contributed by atoms with Crippen molar-refractivity contribution in [1.82, 2.24) is 15.2 Å². The van der Waals surface area contributed by atoms with Crippen LogP contribution in [0.15, 0.2) is 30.5 Å². The fourth-order valence-corrected chi connectivity index (χ4v) is 4.40. The molecule has 0 bridgehead atoms. The number of hydrogen-bond donors (Lipinski definition) is 1. The Labute approximate surface area is 210 Å². The van der Waals surface area contributed by atoms with Gasteiger partial charge in [-0.15, -0.1) is 10.2 Å². The number of rotatable bonds is 6. The van der Waals surface area contributed by atoms with Crippen molar-refractivity contribution in [3.05, 3.63) is 46.7 Å². The summed E-state index contributed by atoms with van der Waals surface area (Å²) in [5, 5.41) is 11.6. The number of methoxy groups -OCH3 is 1. The minimum Gasteiger partial charge on any atom is -0.494 e. The number of ether oxygens (including phenoxy) is 2. The molecule has 3 aromatic rings. The number of morpholine rings is 1. The van der Waals surface area contributed by atoms with E-state index < -0.39 is 18.0 Å². The van der Waals surface area contributed by atoms with Gasteiger partial charge in [-0.25, -0.2) is 8.78 Å². The SMILES string of the molecule is COc1cnc(C(F)F)cc1-c1cc(N2CCOCC2)ccc1C(=O)Nc1nnc(C#CC2CC2)s1. The van der Waals surface area contributed by atoms with Crippen molar-refractivity contribution in [2.24, 2.45) is 5.92 Å². The summed E-state index contributed by atoms with van der Waals surface area (Å²) in [6.45, 7) is 2.51. The van der Waals surface area contributed by atoms with Crippen molar-refractivity contribution in [3.63, 3.8) is 0 Å². The van der Waals surface area contributed by atoms with Crippen LogP contribution in [0.3, 0.4) is 0 Å². The molecule has 11 heteroatoms. The second-order valence-electron chi connectivity index (χ2n) is 8.35.